The molecule has 2 atom stereocenters. The Morgan fingerprint density at radius 1 is 1.08 bits per heavy atom. The van der Waals surface area contributed by atoms with Crippen molar-refractivity contribution in [1.29, 1.82) is 0 Å². The summed E-state index contributed by atoms with van der Waals surface area (Å²) in [5.74, 6) is -3.12. The zero-order valence-corrected chi connectivity index (χ0v) is 15.1. The van der Waals surface area contributed by atoms with Gasteiger partial charge >= 0.3 is 5.97 Å². The van der Waals surface area contributed by atoms with Crippen molar-refractivity contribution >= 4 is 29.6 Å². The van der Waals surface area contributed by atoms with Crippen LogP contribution in [-0.2, 0) is 28.7 Å². The maximum atomic E-state index is 12.3. The van der Waals surface area contributed by atoms with E-state index in [4.69, 9.17) is 4.74 Å². The van der Waals surface area contributed by atoms with Crippen molar-refractivity contribution in [3.8, 4) is 0 Å². The first-order valence-corrected chi connectivity index (χ1v) is 8.86. The second kappa shape index (κ2) is 8.77. The van der Waals surface area contributed by atoms with Crippen LogP contribution in [0.15, 0.2) is 0 Å². The molecule has 2 rings (SSSR count). The zero-order chi connectivity index (χ0) is 19.3. The number of esters is 1. The van der Waals surface area contributed by atoms with Gasteiger partial charge in [0.15, 0.2) is 6.61 Å². The van der Waals surface area contributed by atoms with Crippen molar-refractivity contribution in [3.63, 3.8) is 0 Å². The molecule has 0 aromatic heterocycles. The number of imide groups is 1. The first kappa shape index (κ1) is 19.9. The molecule has 2 aliphatic rings. The topological polar surface area (TPSA) is 122 Å². The van der Waals surface area contributed by atoms with Crippen molar-refractivity contribution in [3.05, 3.63) is 0 Å². The van der Waals surface area contributed by atoms with Crippen molar-refractivity contribution in [2.75, 3.05) is 19.7 Å². The molecule has 4 amide bonds. The lowest BCUT2D eigenvalue weighted by Crippen LogP contribution is -2.42. The summed E-state index contributed by atoms with van der Waals surface area (Å²) in [6.07, 6.45) is 3.15. The molecule has 0 spiro atoms. The lowest BCUT2D eigenvalue weighted by Gasteiger charge is -2.19. The smallest absolute Gasteiger partial charge is 0.326 e. The fourth-order valence-electron chi connectivity index (χ4n) is 3.31. The van der Waals surface area contributed by atoms with Crippen LogP contribution in [-0.4, -0.2) is 60.2 Å². The summed E-state index contributed by atoms with van der Waals surface area (Å²) in [6.45, 7) is 2.31. The molecule has 1 saturated carbocycles. The first-order valence-electron chi connectivity index (χ1n) is 8.86. The molecule has 0 aromatic carbocycles. The molecule has 1 saturated heterocycles. The van der Waals surface area contributed by atoms with Gasteiger partial charge in [-0.3, -0.25) is 28.9 Å². The molecule has 9 heteroatoms. The van der Waals surface area contributed by atoms with Gasteiger partial charge < -0.3 is 15.4 Å². The Morgan fingerprint density at radius 2 is 1.65 bits per heavy atom. The second-order valence-corrected chi connectivity index (χ2v) is 6.92. The number of amides is 4. The number of hydrogen-bond acceptors (Lipinski definition) is 6. The Morgan fingerprint density at radius 3 is 2.19 bits per heavy atom. The highest BCUT2D eigenvalue weighted by atomic mass is 16.5. The standard InChI is InChI=1S/C17H25N3O6/c1-10(2)19-13(21)7-18-14(22)9-26-15(23)8-20-16(24)11-5-3-4-6-12(11)17(20)25/h10-12H,3-9H2,1-2H3,(H,18,22)(H,19,21)/t11-,12-/m1/s1. The van der Waals surface area contributed by atoms with Gasteiger partial charge in [-0.2, -0.15) is 0 Å². The van der Waals surface area contributed by atoms with Crippen LogP contribution in [0.4, 0.5) is 0 Å². The van der Waals surface area contributed by atoms with Gasteiger partial charge in [0.1, 0.15) is 6.54 Å². The van der Waals surface area contributed by atoms with Crippen LogP contribution in [0.25, 0.3) is 0 Å². The minimum atomic E-state index is -0.827. The van der Waals surface area contributed by atoms with Crippen LogP contribution in [0.5, 0.6) is 0 Å². The van der Waals surface area contributed by atoms with Crippen LogP contribution in [0.3, 0.4) is 0 Å². The average molecular weight is 367 g/mol. The number of likely N-dealkylation sites (tertiary alicyclic amines) is 1. The minimum Gasteiger partial charge on any atom is -0.454 e. The van der Waals surface area contributed by atoms with Gasteiger partial charge in [-0.15, -0.1) is 0 Å². The zero-order valence-electron chi connectivity index (χ0n) is 15.1. The van der Waals surface area contributed by atoms with Gasteiger partial charge in [0, 0.05) is 6.04 Å². The molecule has 1 heterocycles. The Balaban J connectivity index is 1.73. The highest BCUT2D eigenvalue weighted by Crippen LogP contribution is 2.37. The molecule has 0 radical (unpaired) electrons. The number of carbonyl (C=O) groups excluding carboxylic acids is 5. The summed E-state index contributed by atoms with van der Waals surface area (Å²) < 4.78 is 4.80. The number of hydrogen-bond donors (Lipinski definition) is 2. The average Bonchev–Trinajstić information content (AvgIpc) is 2.83. The third kappa shape index (κ3) is 5.03. The van der Waals surface area contributed by atoms with E-state index in [1.165, 1.54) is 0 Å². The lowest BCUT2D eigenvalue weighted by atomic mass is 9.81. The molecular weight excluding hydrogens is 342 g/mol. The van der Waals surface area contributed by atoms with Crippen molar-refractivity contribution in [2.45, 2.75) is 45.6 Å². The van der Waals surface area contributed by atoms with Crippen molar-refractivity contribution in [2.24, 2.45) is 11.8 Å². The van der Waals surface area contributed by atoms with Crippen LogP contribution in [0.1, 0.15) is 39.5 Å². The molecule has 1 aliphatic carbocycles. The van der Waals surface area contributed by atoms with E-state index < -0.39 is 25.0 Å². The molecule has 26 heavy (non-hydrogen) atoms. The molecule has 2 N–H and O–H groups in total. The second-order valence-electron chi connectivity index (χ2n) is 6.92. The predicted molar refractivity (Wildman–Crippen MR) is 89.4 cm³/mol. The summed E-state index contributed by atoms with van der Waals surface area (Å²) in [5, 5.41) is 4.92. The summed E-state index contributed by atoms with van der Waals surface area (Å²) in [5.41, 5.74) is 0. The van der Waals surface area contributed by atoms with E-state index in [1.807, 2.05) is 0 Å². The highest BCUT2D eigenvalue weighted by molar-refractivity contribution is 6.07. The number of nitrogens with zero attached hydrogens (tertiary/aromatic N) is 1. The van der Waals surface area contributed by atoms with Gasteiger partial charge in [0.25, 0.3) is 5.91 Å². The normalized spacial score (nSPS) is 22.2. The third-order valence-electron chi connectivity index (χ3n) is 4.48. The maximum Gasteiger partial charge on any atom is 0.326 e. The highest BCUT2D eigenvalue weighted by Gasteiger charge is 2.48. The quantitative estimate of drug-likeness (QED) is 0.455. The number of rotatable bonds is 7. The summed E-state index contributed by atoms with van der Waals surface area (Å²) >= 11 is 0. The van der Waals surface area contributed by atoms with E-state index in [0.29, 0.717) is 12.8 Å². The van der Waals surface area contributed by atoms with Gasteiger partial charge in [0.2, 0.25) is 17.7 Å². The predicted octanol–water partition coefficient (Wildman–Crippen LogP) is -0.654. The Hall–Kier alpha value is -2.45. The van der Waals surface area contributed by atoms with Crippen LogP contribution < -0.4 is 10.6 Å². The fraction of sp³-hybridized carbons (Fsp3) is 0.706. The summed E-state index contributed by atoms with van der Waals surface area (Å²) in [6, 6.07) is -0.0449. The number of carbonyl (C=O) groups is 5. The first-order chi connectivity index (χ1) is 12.3. The SMILES string of the molecule is CC(C)NC(=O)CNC(=O)COC(=O)CN1C(=O)[C@@H]2CCCC[C@H]2C1=O. The third-order valence-corrected chi connectivity index (χ3v) is 4.48. The summed E-state index contributed by atoms with van der Waals surface area (Å²) in [7, 11) is 0. The Kier molecular flexibility index (Phi) is 6.70. The van der Waals surface area contributed by atoms with Crippen LogP contribution >= 0.6 is 0 Å². The molecule has 0 bridgehead atoms. The molecule has 0 unspecified atom stereocenters. The van der Waals surface area contributed by atoms with Gasteiger partial charge in [0.05, 0.1) is 18.4 Å². The van der Waals surface area contributed by atoms with E-state index >= 15 is 0 Å². The van der Waals surface area contributed by atoms with E-state index in [0.717, 1.165) is 17.7 Å². The summed E-state index contributed by atoms with van der Waals surface area (Å²) in [4.78, 5) is 60.3. The fourth-order valence-corrected chi connectivity index (χ4v) is 3.31. The van der Waals surface area contributed by atoms with Crippen molar-refractivity contribution in [1.82, 2.24) is 15.5 Å². The number of ether oxygens (including phenoxy) is 1. The molecule has 1 aliphatic heterocycles. The van der Waals surface area contributed by atoms with Crippen molar-refractivity contribution < 1.29 is 28.7 Å². The van der Waals surface area contributed by atoms with Gasteiger partial charge in [-0.25, -0.2) is 0 Å². The molecule has 2 fully saturated rings. The van der Waals surface area contributed by atoms with E-state index in [1.54, 1.807) is 13.8 Å². The molecule has 9 nitrogen and oxygen atoms in total. The molecule has 144 valence electrons. The van der Waals surface area contributed by atoms with Crippen LogP contribution in [0.2, 0.25) is 0 Å². The van der Waals surface area contributed by atoms with E-state index in [2.05, 4.69) is 10.6 Å². The number of fused-ring (bicyclic) bond motifs is 1. The van der Waals surface area contributed by atoms with Gasteiger partial charge in [-0.05, 0) is 26.7 Å². The maximum absolute atomic E-state index is 12.3. The number of nitrogens with one attached hydrogen (secondary N) is 2. The Labute approximate surface area is 151 Å². The van der Waals surface area contributed by atoms with Gasteiger partial charge in [-0.1, -0.05) is 12.8 Å². The van der Waals surface area contributed by atoms with Crippen LogP contribution in [0, 0.1) is 11.8 Å². The molecular formula is C17H25N3O6. The van der Waals surface area contributed by atoms with E-state index in [9.17, 15) is 24.0 Å². The Bertz CT molecular complexity index is 579. The monoisotopic (exact) mass is 367 g/mol. The minimum absolute atomic E-state index is 0.0449. The lowest BCUT2D eigenvalue weighted by molar-refractivity contribution is -0.155. The largest absolute Gasteiger partial charge is 0.454 e. The van der Waals surface area contributed by atoms with E-state index in [-0.39, 0.29) is 42.1 Å². The molecule has 0 aromatic rings.